The Hall–Kier alpha value is -3.33. The van der Waals surface area contributed by atoms with Gasteiger partial charge in [-0.05, 0) is 69.9 Å². The predicted molar refractivity (Wildman–Crippen MR) is 196 cm³/mol. The van der Waals surface area contributed by atoms with Crippen molar-refractivity contribution >= 4 is 38.8 Å². The van der Waals surface area contributed by atoms with Gasteiger partial charge in [0.15, 0.2) is 5.71 Å². The van der Waals surface area contributed by atoms with Gasteiger partial charge in [-0.3, -0.25) is 4.55 Å². The van der Waals surface area contributed by atoms with Gasteiger partial charge in [0, 0.05) is 47.5 Å². The van der Waals surface area contributed by atoms with E-state index in [1.165, 1.54) is 40.9 Å². The maximum Gasteiger partial charge on any atom is 0.264 e. The fraction of sp³-hybridized carbons (Fsp3) is 0.462. The minimum absolute atomic E-state index is 0.178. The van der Waals surface area contributed by atoms with Crippen molar-refractivity contribution in [1.82, 2.24) is 0 Å². The fourth-order valence-electron chi connectivity index (χ4n) is 7.09. The van der Waals surface area contributed by atoms with Crippen molar-refractivity contribution in [3.63, 3.8) is 0 Å². The molecule has 2 aromatic rings. The lowest BCUT2D eigenvalue weighted by Crippen LogP contribution is -2.28. The quantitative estimate of drug-likeness (QED) is 0.136. The molecule has 0 fully saturated rings. The Morgan fingerprint density at radius 2 is 1.69 bits per heavy atom. The van der Waals surface area contributed by atoms with Crippen molar-refractivity contribution in [2.45, 2.75) is 84.5 Å². The predicted octanol–water partition coefficient (Wildman–Crippen LogP) is 8.85. The second-order valence-corrected chi connectivity index (χ2v) is 15.9. The van der Waals surface area contributed by atoms with Crippen LogP contribution in [0.3, 0.4) is 0 Å². The molecule has 3 heterocycles. The van der Waals surface area contributed by atoms with Gasteiger partial charge in [0.25, 0.3) is 10.1 Å². The van der Waals surface area contributed by atoms with Gasteiger partial charge in [0.1, 0.15) is 36.3 Å². The maximum atomic E-state index is 11.3. The van der Waals surface area contributed by atoms with Crippen molar-refractivity contribution in [1.29, 1.82) is 0 Å². The number of aryl methyl sites for hydroxylation is 1. The minimum Gasteiger partial charge on any atom is -0.488 e. The first-order valence-electron chi connectivity index (χ1n) is 17.1. The monoisotopic (exact) mass is 693 g/mol. The number of nitrogens with zero attached hydrogens (tertiary/aromatic N) is 2. The lowest BCUT2D eigenvalue weighted by atomic mass is 9.81. The highest BCUT2D eigenvalue weighted by Crippen LogP contribution is 2.48. The van der Waals surface area contributed by atoms with E-state index in [1.54, 1.807) is 0 Å². The molecule has 48 heavy (non-hydrogen) atoms. The van der Waals surface area contributed by atoms with E-state index in [0.29, 0.717) is 49.2 Å². The largest absolute Gasteiger partial charge is 0.488 e. The number of anilines is 1. The van der Waals surface area contributed by atoms with Crippen LogP contribution in [0.15, 0.2) is 89.0 Å². The van der Waals surface area contributed by atoms with E-state index in [4.69, 9.17) is 21.1 Å². The molecule has 7 nitrogen and oxygen atoms in total. The summed E-state index contributed by atoms with van der Waals surface area (Å²) in [7, 11) is -4.00. The summed E-state index contributed by atoms with van der Waals surface area (Å²) in [6.45, 7) is 15.5. The molecule has 0 amide bonds. The van der Waals surface area contributed by atoms with Crippen LogP contribution >= 0.6 is 11.6 Å². The van der Waals surface area contributed by atoms with Gasteiger partial charge in [-0.1, -0.05) is 74.7 Å². The Bertz CT molecular complexity index is 1800. The smallest absolute Gasteiger partial charge is 0.264 e. The molecular weight excluding hydrogens is 644 g/mol. The van der Waals surface area contributed by atoms with Gasteiger partial charge in [0.2, 0.25) is 5.69 Å². The first-order chi connectivity index (χ1) is 22.8. The Balaban J connectivity index is 1.48. The summed E-state index contributed by atoms with van der Waals surface area (Å²) in [6.07, 6.45) is 12.5. The number of hydrogen-bond acceptors (Lipinski definition) is 5. The Labute approximate surface area is 292 Å². The Morgan fingerprint density at radius 1 is 0.938 bits per heavy atom. The van der Waals surface area contributed by atoms with Crippen LogP contribution in [0.5, 0.6) is 0 Å². The molecule has 1 N–H and O–H groups in total. The Kier molecular flexibility index (Phi) is 11.0. The summed E-state index contributed by atoms with van der Waals surface area (Å²) in [5, 5.41) is 0.413. The first kappa shape index (κ1) is 36.0. The van der Waals surface area contributed by atoms with Gasteiger partial charge < -0.3 is 14.4 Å². The van der Waals surface area contributed by atoms with Crippen LogP contribution in [0.4, 0.5) is 11.4 Å². The molecule has 0 radical (unpaired) electrons. The number of halogens is 1. The summed E-state index contributed by atoms with van der Waals surface area (Å²) >= 11 is 7.05. The van der Waals surface area contributed by atoms with Gasteiger partial charge in [0.05, 0.1) is 11.2 Å². The second-order valence-electron chi connectivity index (χ2n) is 14.0. The summed E-state index contributed by atoms with van der Waals surface area (Å²) in [5.41, 5.74) is 7.83. The third-order valence-corrected chi connectivity index (χ3v) is 10.9. The molecule has 5 rings (SSSR count). The van der Waals surface area contributed by atoms with E-state index in [9.17, 15) is 13.0 Å². The van der Waals surface area contributed by atoms with E-state index in [2.05, 4.69) is 106 Å². The molecular formula is C39H50ClN2O5S+. The molecule has 0 aliphatic carbocycles. The molecule has 0 unspecified atom stereocenters. The van der Waals surface area contributed by atoms with Crippen molar-refractivity contribution in [2.75, 3.05) is 37.0 Å². The van der Waals surface area contributed by atoms with Crippen LogP contribution < -0.4 is 4.90 Å². The lowest BCUT2D eigenvalue weighted by Gasteiger charge is -2.27. The van der Waals surface area contributed by atoms with Crippen molar-refractivity contribution < 1.29 is 27.0 Å². The number of hydrogen-bond donors (Lipinski definition) is 1. The van der Waals surface area contributed by atoms with E-state index < -0.39 is 10.1 Å². The van der Waals surface area contributed by atoms with Crippen molar-refractivity contribution in [3.8, 4) is 0 Å². The number of para-hydroxylation sites is 1. The number of fused-ring (bicyclic) bond motifs is 2. The molecule has 2 aromatic carbocycles. The van der Waals surface area contributed by atoms with Crippen LogP contribution in [0, 0.1) is 6.92 Å². The molecule has 3 aliphatic heterocycles. The summed E-state index contributed by atoms with van der Waals surface area (Å²) in [6, 6.07) is 15.1. The Morgan fingerprint density at radius 3 is 2.44 bits per heavy atom. The number of unbranched alkanes of at least 4 members (excludes halogenated alkanes) is 3. The summed E-state index contributed by atoms with van der Waals surface area (Å²) in [5.74, 6) is 0.852. The molecule has 258 valence electrons. The van der Waals surface area contributed by atoms with Gasteiger partial charge in [-0.25, -0.2) is 0 Å². The average molecular weight is 694 g/mol. The minimum atomic E-state index is -4.00. The molecule has 0 saturated heterocycles. The zero-order chi connectivity index (χ0) is 34.7. The number of benzene rings is 2. The topological polar surface area (TPSA) is 79.1 Å². The highest BCUT2D eigenvalue weighted by molar-refractivity contribution is 7.85. The van der Waals surface area contributed by atoms with Crippen LogP contribution in [-0.2, 0) is 30.4 Å². The van der Waals surface area contributed by atoms with E-state index >= 15 is 0 Å². The van der Waals surface area contributed by atoms with Gasteiger partial charge in [-0.2, -0.15) is 13.0 Å². The second kappa shape index (κ2) is 14.7. The highest BCUT2D eigenvalue weighted by atomic mass is 35.5. The third kappa shape index (κ3) is 7.61. The summed E-state index contributed by atoms with van der Waals surface area (Å²) < 4.78 is 46.6. The molecule has 3 aliphatic rings. The SMILES string of the molecule is CCCCC[N+]1=C(/C=C/C2=C(Cl)C(=C/C=C3/N(CCCCS(=O)(=O)O)c4ccc(C)cc4C3(C)C)/OCCO2)C(C)(C)c2ccccc21. The van der Waals surface area contributed by atoms with E-state index in [0.717, 1.165) is 24.4 Å². The zero-order valence-corrected chi connectivity index (χ0v) is 30.8. The molecule has 9 heteroatoms. The number of ether oxygens (including phenoxy) is 2. The van der Waals surface area contributed by atoms with E-state index in [1.807, 2.05) is 12.2 Å². The van der Waals surface area contributed by atoms with Crippen molar-refractivity contribution in [2.24, 2.45) is 0 Å². The zero-order valence-electron chi connectivity index (χ0n) is 29.2. The molecule has 0 aromatic heterocycles. The molecule has 0 spiro atoms. The number of allylic oxidation sites excluding steroid dienone is 6. The van der Waals surface area contributed by atoms with Crippen LogP contribution in [-0.4, -0.2) is 55.3 Å². The molecule has 0 atom stereocenters. The normalized spacial score (nSPS) is 20.4. The first-order valence-corrected chi connectivity index (χ1v) is 19.1. The van der Waals surface area contributed by atoms with Gasteiger partial charge in [-0.15, -0.1) is 0 Å². The third-order valence-electron chi connectivity index (χ3n) is 9.68. The summed E-state index contributed by atoms with van der Waals surface area (Å²) in [4.78, 5) is 2.24. The molecule has 0 saturated carbocycles. The van der Waals surface area contributed by atoms with Gasteiger partial charge >= 0.3 is 0 Å². The number of rotatable bonds is 12. The van der Waals surface area contributed by atoms with Crippen LogP contribution in [0.1, 0.15) is 83.4 Å². The average Bonchev–Trinajstić information content (AvgIpc) is 3.27. The highest BCUT2D eigenvalue weighted by Gasteiger charge is 2.44. The van der Waals surface area contributed by atoms with Crippen LogP contribution in [0.2, 0.25) is 0 Å². The lowest BCUT2D eigenvalue weighted by molar-refractivity contribution is -0.438. The van der Waals surface area contributed by atoms with E-state index in [-0.39, 0.29) is 16.6 Å². The van der Waals surface area contributed by atoms with Crippen molar-refractivity contribution in [3.05, 3.63) is 106 Å². The molecule has 0 bridgehead atoms. The fourth-order valence-corrected chi connectivity index (χ4v) is 7.89. The standard InChI is InChI=1S/C39H49ClN2O5S/c1-7-8-11-22-41-31-15-10-9-14-29(31)38(3,4)35(41)20-18-33-37(40)34(47-25-24-46-33)19-21-36-39(5,6)30-27-28(2)16-17-32(30)42(36)23-12-13-26-48(43,44)45/h9-10,14-21,27H,7-8,11-13,22-26H2,1-6H3/p+1. The van der Waals surface area contributed by atoms with Crippen LogP contribution in [0.25, 0.3) is 0 Å². The maximum absolute atomic E-state index is 11.3.